The Labute approximate surface area is 310 Å². The minimum atomic E-state index is -0.243. The van der Waals surface area contributed by atoms with E-state index < -0.39 is 0 Å². The molecule has 53 heavy (non-hydrogen) atoms. The second kappa shape index (κ2) is 11.3. The van der Waals surface area contributed by atoms with Gasteiger partial charge in [0, 0.05) is 58.6 Å². The van der Waals surface area contributed by atoms with Gasteiger partial charge in [-0.15, -0.1) is 11.3 Å². The number of benzene rings is 7. The summed E-state index contributed by atoms with van der Waals surface area (Å²) >= 11 is 1.79. The third-order valence-corrected chi connectivity index (χ3v) is 12.1. The third kappa shape index (κ3) is 4.57. The predicted molar refractivity (Wildman–Crippen MR) is 219 cm³/mol. The van der Waals surface area contributed by atoms with E-state index in [0.29, 0.717) is 17.5 Å². The van der Waals surface area contributed by atoms with E-state index in [9.17, 15) is 0 Å². The second-order valence-electron chi connectivity index (χ2n) is 14.4. The molecule has 3 aromatic heterocycles. The highest BCUT2D eigenvalue weighted by Crippen LogP contribution is 2.53. The van der Waals surface area contributed by atoms with Crippen molar-refractivity contribution >= 4 is 53.4 Å². The van der Waals surface area contributed by atoms with Crippen LogP contribution in [0.1, 0.15) is 25.0 Å². The molecule has 0 amide bonds. The van der Waals surface area contributed by atoms with Crippen molar-refractivity contribution in [3.63, 3.8) is 0 Å². The van der Waals surface area contributed by atoms with Crippen LogP contribution in [0.5, 0.6) is 0 Å². The predicted octanol–water partition coefficient (Wildman–Crippen LogP) is 13.1. The van der Waals surface area contributed by atoms with Gasteiger partial charge < -0.3 is 4.42 Å². The van der Waals surface area contributed by atoms with E-state index in [0.717, 1.165) is 44.4 Å². The highest BCUT2D eigenvalue weighted by atomic mass is 32.1. The van der Waals surface area contributed by atoms with Gasteiger partial charge in [0.25, 0.3) is 0 Å². The Balaban J connectivity index is 1.04. The first-order chi connectivity index (χ1) is 26.0. The van der Waals surface area contributed by atoms with Crippen LogP contribution in [0.4, 0.5) is 0 Å². The fourth-order valence-corrected chi connectivity index (χ4v) is 9.56. The Morgan fingerprint density at radius 2 is 1.13 bits per heavy atom. The monoisotopic (exact) mass is 697 g/mol. The zero-order chi connectivity index (χ0) is 35.3. The summed E-state index contributed by atoms with van der Waals surface area (Å²) in [6, 6.07) is 53.5. The van der Waals surface area contributed by atoms with Crippen LogP contribution in [-0.2, 0) is 5.41 Å². The van der Waals surface area contributed by atoms with Crippen LogP contribution in [0.15, 0.2) is 156 Å². The largest absolute Gasteiger partial charge is 0.456 e. The number of aromatic nitrogens is 3. The van der Waals surface area contributed by atoms with Gasteiger partial charge in [-0.25, -0.2) is 15.0 Å². The van der Waals surface area contributed by atoms with Crippen molar-refractivity contribution in [1.82, 2.24) is 15.0 Å². The topological polar surface area (TPSA) is 51.8 Å². The van der Waals surface area contributed by atoms with Crippen molar-refractivity contribution in [2.45, 2.75) is 19.3 Å². The van der Waals surface area contributed by atoms with Gasteiger partial charge >= 0.3 is 0 Å². The van der Waals surface area contributed by atoms with Crippen molar-refractivity contribution in [3.05, 3.63) is 163 Å². The lowest BCUT2D eigenvalue weighted by Gasteiger charge is -2.22. The standard InChI is InChI=1S/C48H31N3OS/c1-48(2)39-27-30(22-23-32(39)35-24-25-36-33-16-6-8-20-40(33)52-43(36)42(35)48)29-14-10-15-31(26-29)46-49-45(28-12-4-3-5-13-28)50-47(51-46)38-19-11-18-37-34-17-7-9-21-41(34)53-44(37)38/h3-27H,1-2H3. The van der Waals surface area contributed by atoms with Gasteiger partial charge in [-0.1, -0.05) is 129 Å². The highest BCUT2D eigenvalue weighted by molar-refractivity contribution is 7.26. The van der Waals surface area contributed by atoms with E-state index in [-0.39, 0.29) is 5.41 Å². The lowest BCUT2D eigenvalue weighted by molar-refractivity contribution is 0.620. The van der Waals surface area contributed by atoms with Crippen LogP contribution in [-0.4, -0.2) is 15.0 Å². The molecule has 0 unspecified atom stereocenters. The summed E-state index contributed by atoms with van der Waals surface area (Å²) in [5, 5.41) is 4.80. The van der Waals surface area contributed by atoms with Crippen LogP contribution in [0.25, 0.3) is 98.5 Å². The summed E-state index contributed by atoms with van der Waals surface area (Å²) in [7, 11) is 0. The Hall–Kier alpha value is -6.43. The molecule has 11 rings (SSSR count). The summed E-state index contributed by atoms with van der Waals surface area (Å²) in [5.41, 5.74) is 11.9. The van der Waals surface area contributed by atoms with Gasteiger partial charge in [0.2, 0.25) is 0 Å². The minimum Gasteiger partial charge on any atom is -0.456 e. The molecular formula is C48H31N3OS. The van der Waals surface area contributed by atoms with Crippen molar-refractivity contribution in [1.29, 1.82) is 0 Å². The molecule has 10 aromatic rings. The first-order valence-corrected chi connectivity index (χ1v) is 18.8. The van der Waals surface area contributed by atoms with E-state index in [4.69, 9.17) is 19.4 Å². The van der Waals surface area contributed by atoms with Gasteiger partial charge in [-0.05, 0) is 64.2 Å². The molecule has 3 heterocycles. The Kier molecular flexibility index (Phi) is 6.43. The molecule has 0 N–H and O–H groups in total. The summed E-state index contributed by atoms with van der Waals surface area (Å²) in [6.45, 7) is 4.64. The molecule has 0 radical (unpaired) electrons. The minimum absolute atomic E-state index is 0.243. The molecule has 0 aliphatic heterocycles. The fraction of sp³-hybridized carbons (Fsp3) is 0.0625. The van der Waals surface area contributed by atoms with Crippen molar-refractivity contribution < 1.29 is 4.42 Å². The number of rotatable bonds is 4. The van der Waals surface area contributed by atoms with Crippen molar-refractivity contribution in [3.8, 4) is 56.4 Å². The molecule has 7 aromatic carbocycles. The van der Waals surface area contributed by atoms with E-state index in [1.54, 1.807) is 11.3 Å². The Bertz CT molecular complexity index is 3100. The molecule has 0 atom stereocenters. The van der Waals surface area contributed by atoms with Crippen LogP contribution in [0, 0.1) is 0 Å². The molecule has 5 heteroatoms. The second-order valence-corrected chi connectivity index (χ2v) is 15.4. The molecule has 4 nitrogen and oxygen atoms in total. The average molecular weight is 698 g/mol. The number of para-hydroxylation sites is 1. The van der Waals surface area contributed by atoms with Crippen LogP contribution in [0.2, 0.25) is 0 Å². The average Bonchev–Trinajstić information content (AvgIpc) is 3.85. The van der Waals surface area contributed by atoms with Crippen molar-refractivity contribution in [2.24, 2.45) is 0 Å². The van der Waals surface area contributed by atoms with Gasteiger partial charge in [0.1, 0.15) is 11.2 Å². The Morgan fingerprint density at radius 1 is 0.472 bits per heavy atom. The van der Waals surface area contributed by atoms with Crippen molar-refractivity contribution in [2.75, 3.05) is 0 Å². The number of furan rings is 1. The van der Waals surface area contributed by atoms with Crippen LogP contribution >= 0.6 is 11.3 Å². The lowest BCUT2D eigenvalue weighted by atomic mass is 9.81. The first-order valence-electron chi connectivity index (χ1n) is 17.9. The van der Waals surface area contributed by atoms with E-state index in [2.05, 4.69) is 141 Å². The number of nitrogens with zero attached hydrogens (tertiary/aromatic N) is 3. The van der Waals surface area contributed by atoms with Crippen LogP contribution < -0.4 is 0 Å². The molecule has 250 valence electrons. The SMILES string of the molecule is CC1(C)c2cc(-c3cccc(-c4nc(-c5ccccc5)nc(-c5cccc6c5sc5ccccc56)n4)c3)ccc2-c2ccc3c(oc4ccccc43)c21. The molecular weight excluding hydrogens is 667 g/mol. The van der Waals surface area contributed by atoms with Gasteiger partial charge in [0.15, 0.2) is 17.5 Å². The van der Waals surface area contributed by atoms with Gasteiger partial charge in [-0.3, -0.25) is 0 Å². The first kappa shape index (κ1) is 30.2. The zero-order valence-electron chi connectivity index (χ0n) is 29.1. The maximum Gasteiger partial charge on any atom is 0.165 e. The number of fused-ring (bicyclic) bond motifs is 10. The smallest absolute Gasteiger partial charge is 0.165 e. The Morgan fingerprint density at radius 3 is 2.02 bits per heavy atom. The summed E-state index contributed by atoms with van der Waals surface area (Å²) in [5.74, 6) is 1.98. The lowest BCUT2D eigenvalue weighted by Crippen LogP contribution is -2.15. The van der Waals surface area contributed by atoms with Crippen LogP contribution in [0.3, 0.4) is 0 Å². The van der Waals surface area contributed by atoms with Gasteiger partial charge in [-0.2, -0.15) is 0 Å². The molecule has 0 fully saturated rings. The summed E-state index contributed by atoms with van der Waals surface area (Å²) < 4.78 is 8.98. The summed E-state index contributed by atoms with van der Waals surface area (Å²) in [4.78, 5) is 15.4. The highest BCUT2D eigenvalue weighted by Gasteiger charge is 2.38. The third-order valence-electron chi connectivity index (χ3n) is 10.9. The normalized spacial score (nSPS) is 13.2. The molecule has 0 saturated heterocycles. The zero-order valence-corrected chi connectivity index (χ0v) is 29.9. The maximum atomic E-state index is 6.55. The molecule has 0 saturated carbocycles. The number of hydrogen-bond donors (Lipinski definition) is 0. The molecule has 0 spiro atoms. The van der Waals surface area contributed by atoms with E-state index in [1.807, 2.05) is 24.3 Å². The molecule has 1 aliphatic rings. The molecule has 0 bridgehead atoms. The summed E-state index contributed by atoms with van der Waals surface area (Å²) in [6.07, 6.45) is 0. The molecule has 1 aliphatic carbocycles. The van der Waals surface area contributed by atoms with E-state index >= 15 is 0 Å². The van der Waals surface area contributed by atoms with E-state index in [1.165, 1.54) is 47.8 Å². The van der Waals surface area contributed by atoms with Gasteiger partial charge in [0.05, 0.1) is 0 Å². The number of thiophene rings is 1. The number of hydrogen-bond acceptors (Lipinski definition) is 5. The fourth-order valence-electron chi connectivity index (χ4n) is 8.35. The maximum absolute atomic E-state index is 6.55. The quantitative estimate of drug-likeness (QED) is 0.184.